The van der Waals surface area contributed by atoms with Crippen molar-refractivity contribution in [3.63, 3.8) is 0 Å². The lowest BCUT2D eigenvalue weighted by Gasteiger charge is -2.05. The largest absolute Gasteiger partial charge is 0.324 e. The van der Waals surface area contributed by atoms with Gasteiger partial charge in [0.2, 0.25) is 5.91 Å². The van der Waals surface area contributed by atoms with Gasteiger partial charge in [-0.3, -0.25) is 14.3 Å². The van der Waals surface area contributed by atoms with Crippen LogP contribution in [0.2, 0.25) is 5.02 Å². The lowest BCUT2D eigenvalue weighted by Crippen LogP contribution is -2.19. The molecule has 0 bridgehead atoms. The van der Waals surface area contributed by atoms with Gasteiger partial charge in [0, 0.05) is 28.0 Å². The molecule has 3 aromatic carbocycles. The maximum Gasteiger partial charge on any atom is 0.259 e. The Balaban J connectivity index is 1.52. The molecule has 9 heteroatoms. The molecule has 37 heavy (non-hydrogen) atoms. The number of hydrogen-bond acceptors (Lipinski definition) is 5. The first kappa shape index (κ1) is 23.7. The summed E-state index contributed by atoms with van der Waals surface area (Å²) in [6.07, 6.45) is 3.29. The Hall–Kier alpha value is -5.00. The number of aromatic amines is 1. The lowest BCUT2D eigenvalue weighted by molar-refractivity contribution is -0.116. The van der Waals surface area contributed by atoms with Gasteiger partial charge in [0.25, 0.3) is 5.56 Å². The van der Waals surface area contributed by atoms with E-state index in [0.29, 0.717) is 32.9 Å². The molecule has 5 aromatic rings. The van der Waals surface area contributed by atoms with Gasteiger partial charge in [-0.15, -0.1) is 0 Å². The van der Waals surface area contributed by atoms with Crippen LogP contribution < -0.4 is 10.9 Å². The molecule has 0 fully saturated rings. The van der Waals surface area contributed by atoms with Crippen molar-refractivity contribution in [1.82, 2.24) is 19.7 Å². The average molecular weight is 507 g/mol. The van der Waals surface area contributed by atoms with E-state index in [0.717, 1.165) is 5.56 Å². The Morgan fingerprint density at radius 2 is 1.78 bits per heavy atom. The van der Waals surface area contributed by atoms with Crippen LogP contribution in [-0.2, 0) is 11.3 Å². The minimum absolute atomic E-state index is 0.0523. The molecule has 0 unspecified atom stereocenters. The highest BCUT2D eigenvalue weighted by atomic mass is 35.5. The van der Waals surface area contributed by atoms with Crippen LogP contribution in [0.3, 0.4) is 0 Å². The van der Waals surface area contributed by atoms with Crippen molar-refractivity contribution in [2.45, 2.75) is 6.54 Å². The number of nitrogens with zero attached hydrogens (tertiary/aromatic N) is 4. The van der Waals surface area contributed by atoms with Crippen LogP contribution in [0, 0.1) is 11.3 Å². The quantitative estimate of drug-likeness (QED) is 0.309. The van der Waals surface area contributed by atoms with E-state index in [1.165, 1.54) is 4.68 Å². The van der Waals surface area contributed by atoms with Crippen LogP contribution in [0.25, 0.3) is 33.8 Å². The molecule has 0 spiro atoms. The number of para-hydroxylation sites is 1. The lowest BCUT2D eigenvalue weighted by atomic mass is 10.1. The summed E-state index contributed by atoms with van der Waals surface area (Å²) in [6.45, 7) is -0.0523. The average Bonchev–Trinajstić information content (AvgIpc) is 3.31. The minimum atomic E-state index is -0.334. The van der Waals surface area contributed by atoms with Crippen LogP contribution in [0.15, 0.2) is 89.9 Å². The van der Waals surface area contributed by atoms with Crippen molar-refractivity contribution < 1.29 is 4.79 Å². The summed E-state index contributed by atoms with van der Waals surface area (Å²) in [4.78, 5) is 32.4. The van der Waals surface area contributed by atoms with Gasteiger partial charge in [0.05, 0.1) is 22.2 Å². The summed E-state index contributed by atoms with van der Waals surface area (Å²) < 4.78 is 1.50. The molecule has 0 saturated heterocycles. The van der Waals surface area contributed by atoms with E-state index in [-0.39, 0.29) is 29.4 Å². The molecule has 0 aliphatic heterocycles. The number of allylic oxidation sites excluding steroid dienone is 1. The van der Waals surface area contributed by atoms with Crippen LogP contribution in [0.1, 0.15) is 11.4 Å². The Morgan fingerprint density at radius 1 is 1.05 bits per heavy atom. The third kappa shape index (κ3) is 5.32. The molecule has 2 aromatic heterocycles. The van der Waals surface area contributed by atoms with Crippen molar-refractivity contribution in [3.05, 3.63) is 112 Å². The van der Waals surface area contributed by atoms with Gasteiger partial charge in [0.15, 0.2) is 5.82 Å². The first-order valence-corrected chi connectivity index (χ1v) is 11.7. The van der Waals surface area contributed by atoms with Gasteiger partial charge in [-0.1, -0.05) is 54.1 Å². The number of amides is 1. The van der Waals surface area contributed by atoms with Crippen molar-refractivity contribution >= 4 is 45.7 Å². The molecule has 1 amide bonds. The number of fused-ring (bicyclic) bond motifs is 1. The third-order valence-electron chi connectivity index (χ3n) is 5.56. The topological polar surface area (TPSA) is 116 Å². The predicted octanol–water partition coefficient (Wildman–Crippen LogP) is 5.14. The van der Waals surface area contributed by atoms with E-state index >= 15 is 0 Å². The van der Waals surface area contributed by atoms with Crippen molar-refractivity contribution in [2.75, 3.05) is 5.32 Å². The van der Waals surface area contributed by atoms with E-state index < -0.39 is 0 Å². The molecule has 0 aliphatic carbocycles. The normalized spacial score (nSPS) is 11.3. The highest BCUT2D eigenvalue weighted by molar-refractivity contribution is 6.30. The number of nitriles is 1. The molecule has 2 N–H and O–H groups in total. The highest BCUT2D eigenvalue weighted by Crippen LogP contribution is 2.26. The number of H-pyrrole nitrogens is 1. The van der Waals surface area contributed by atoms with E-state index in [1.807, 2.05) is 30.3 Å². The van der Waals surface area contributed by atoms with Crippen LogP contribution in [0.5, 0.6) is 0 Å². The molecular weight excluding hydrogens is 488 g/mol. The first-order valence-electron chi connectivity index (χ1n) is 11.3. The number of benzene rings is 3. The Bertz CT molecular complexity index is 1730. The zero-order valence-electron chi connectivity index (χ0n) is 19.4. The van der Waals surface area contributed by atoms with Gasteiger partial charge >= 0.3 is 0 Å². The fraction of sp³-hybridized carbons (Fsp3) is 0.0357. The molecule has 0 radical (unpaired) electrons. The summed E-state index contributed by atoms with van der Waals surface area (Å²) in [7, 11) is 0. The van der Waals surface area contributed by atoms with E-state index in [9.17, 15) is 14.9 Å². The maximum atomic E-state index is 12.7. The van der Waals surface area contributed by atoms with E-state index in [1.54, 1.807) is 60.8 Å². The van der Waals surface area contributed by atoms with Gasteiger partial charge in [-0.05, 0) is 42.5 Å². The molecule has 0 saturated carbocycles. The van der Waals surface area contributed by atoms with E-state index in [4.69, 9.17) is 11.6 Å². The second-order valence-electron chi connectivity index (χ2n) is 8.15. The monoisotopic (exact) mass is 506 g/mol. The number of nitrogens with one attached hydrogen (secondary N) is 2. The third-order valence-corrected chi connectivity index (χ3v) is 5.81. The number of hydrogen-bond donors (Lipinski definition) is 2. The Morgan fingerprint density at radius 3 is 2.54 bits per heavy atom. The zero-order valence-corrected chi connectivity index (χ0v) is 20.1. The summed E-state index contributed by atoms with van der Waals surface area (Å²) in [5.41, 5.74) is 2.91. The number of carbonyl (C=O) groups excluding carboxylic acids is 1. The summed E-state index contributed by atoms with van der Waals surface area (Å²) in [5, 5.41) is 18.4. The van der Waals surface area contributed by atoms with Crippen LogP contribution >= 0.6 is 11.6 Å². The highest BCUT2D eigenvalue weighted by Gasteiger charge is 2.15. The molecule has 8 nitrogen and oxygen atoms in total. The fourth-order valence-electron chi connectivity index (χ4n) is 3.85. The second-order valence-corrected chi connectivity index (χ2v) is 8.59. The van der Waals surface area contributed by atoms with E-state index in [2.05, 4.69) is 26.5 Å². The van der Waals surface area contributed by atoms with Crippen molar-refractivity contribution in [2.24, 2.45) is 0 Å². The number of rotatable bonds is 6. The fourth-order valence-corrected chi connectivity index (χ4v) is 3.97. The molecule has 2 heterocycles. The maximum absolute atomic E-state index is 12.7. The zero-order chi connectivity index (χ0) is 25.8. The summed E-state index contributed by atoms with van der Waals surface area (Å²) in [6, 6.07) is 25.3. The Kier molecular flexibility index (Phi) is 6.62. The number of halogens is 1. The van der Waals surface area contributed by atoms with Gasteiger partial charge in [-0.2, -0.15) is 10.4 Å². The van der Waals surface area contributed by atoms with Gasteiger partial charge in [-0.25, -0.2) is 4.98 Å². The van der Waals surface area contributed by atoms with Crippen molar-refractivity contribution in [1.29, 1.82) is 5.26 Å². The number of aromatic nitrogens is 4. The van der Waals surface area contributed by atoms with Gasteiger partial charge < -0.3 is 10.3 Å². The molecule has 5 rings (SSSR count). The summed E-state index contributed by atoms with van der Waals surface area (Å²) in [5.74, 6) is -0.126. The van der Waals surface area contributed by atoms with Crippen molar-refractivity contribution in [3.8, 4) is 17.3 Å². The molecule has 0 aliphatic rings. The Labute approximate surface area is 216 Å². The first-order chi connectivity index (χ1) is 18.0. The minimum Gasteiger partial charge on any atom is -0.324 e. The second kappa shape index (κ2) is 10.3. The summed E-state index contributed by atoms with van der Waals surface area (Å²) >= 11 is 5.91. The smallest absolute Gasteiger partial charge is 0.259 e. The molecule has 180 valence electrons. The standard InChI is InChI=1S/C28H19ClN6O2/c29-21-10-12-22(13-11-21)31-25(36)17-35-16-20(26(34-35)18-6-2-1-3-7-18)14-19(15-30)27-32-24-9-5-4-8-23(24)28(37)33-27/h1-14,16H,17H2,(H,31,36)(H,32,33,37). The molecular formula is C28H19ClN6O2. The number of carbonyl (C=O) groups is 1. The molecule has 0 atom stereocenters. The SMILES string of the molecule is N#CC(=Cc1cn(CC(=O)Nc2ccc(Cl)cc2)nc1-c1ccccc1)c1nc2ccccc2c(=O)[nH]1. The van der Waals surface area contributed by atoms with Crippen LogP contribution in [-0.4, -0.2) is 25.7 Å². The van der Waals surface area contributed by atoms with Crippen LogP contribution in [0.4, 0.5) is 5.69 Å². The number of anilines is 1. The van der Waals surface area contributed by atoms with Gasteiger partial charge in [0.1, 0.15) is 12.6 Å². The predicted molar refractivity (Wildman–Crippen MR) is 144 cm³/mol.